The van der Waals surface area contributed by atoms with Gasteiger partial charge in [-0.05, 0) is 18.2 Å². The Morgan fingerprint density at radius 3 is 2.32 bits per heavy atom. The summed E-state index contributed by atoms with van der Waals surface area (Å²) in [5.41, 5.74) is 5.36. The predicted molar refractivity (Wildman–Crippen MR) is 68.8 cm³/mol. The highest BCUT2D eigenvalue weighted by molar-refractivity contribution is 7.89. The summed E-state index contributed by atoms with van der Waals surface area (Å²) in [6, 6.07) is 2.97. The Bertz CT molecular complexity index is 658. The summed E-state index contributed by atoms with van der Waals surface area (Å²) in [5, 5.41) is 0. The second kappa shape index (κ2) is 5.82. The van der Waals surface area contributed by atoms with E-state index in [-0.39, 0.29) is 23.7 Å². The van der Waals surface area contributed by atoms with E-state index in [1.54, 1.807) is 0 Å². The maximum absolute atomic E-state index is 13.0. The molecule has 4 N–H and O–H groups in total. The Labute approximate surface area is 111 Å². The van der Waals surface area contributed by atoms with Gasteiger partial charge in [0.25, 0.3) is 0 Å². The van der Waals surface area contributed by atoms with Gasteiger partial charge >= 0.3 is 0 Å². The topological polar surface area (TPSA) is 118 Å². The van der Waals surface area contributed by atoms with Crippen LogP contribution in [0.25, 0.3) is 0 Å². The fourth-order valence-corrected chi connectivity index (χ4v) is 2.89. The van der Waals surface area contributed by atoms with Gasteiger partial charge in [-0.3, -0.25) is 0 Å². The monoisotopic (exact) mass is 311 g/mol. The van der Waals surface area contributed by atoms with Crippen molar-refractivity contribution in [3.8, 4) is 0 Å². The highest BCUT2D eigenvalue weighted by atomic mass is 32.2. The molecule has 0 unspecified atom stereocenters. The molecule has 1 rings (SSSR count). The summed E-state index contributed by atoms with van der Waals surface area (Å²) in [5.74, 6) is -0.733. The molecular weight excluding hydrogens is 297 g/mol. The van der Waals surface area contributed by atoms with E-state index in [9.17, 15) is 21.2 Å². The number of nitrogen functional groups attached to an aromatic ring is 1. The number of anilines is 1. The summed E-state index contributed by atoms with van der Waals surface area (Å²) in [6.45, 7) is -0.293. The molecule has 0 aliphatic carbocycles. The number of hydrogen-bond donors (Lipinski definition) is 3. The number of nitrogens with two attached hydrogens (primary N) is 1. The molecule has 0 heterocycles. The molecule has 7 nitrogen and oxygen atoms in total. The lowest BCUT2D eigenvalue weighted by Gasteiger charge is -2.09. The van der Waals surface area contributed by atoms with Crippen molar-refractivity contribution in [2.75, 3.05) is 25.1 Å². The smallest absolute Gasteiger partial charge is 0.242 e. The lowest BCUT2D eigenvalue weighted by Crippen LogP contribution is -2.34. The first-order valence-electron chi connectivity index (χ1n) is 5.11. The van der Waals surface area contributed by atoms with Crippen LogP contribution in [0.2, 0.25) is 0 Å². The van der Waals surface area contributed by atoms with Crippen LogP contribution in [0.3, 0.4) is 0 Å². The Kier molecular flexibility index (Phi) is 4.85. The third kappa shape index (κ3) is 5.11. The molecule has 0 atom stereocenters. The molecular formula is C9H14FN3O4S2. The first-order chi connectivity index (χ1) is 8.62. The van der Waals surface area contributed by atoms with E-state index in [4.69, 9.17) is 5.73 Å². The van der Waals surface area contributed by atoms with Gasteiger partial charge in [0.2, 0.25) is 20.0 Å². The second-order valence-electron chi connectivity index (χ2n) is 3.75. The van der Waals surface area contributed by atoms with E-state index in [2.05, 4.69) is 9.44 Å². The van der Waals surface area contributed by atoms with Gasteiger partial charge in [-0.1, -0.05) is 0 Å². The molecule has 0 bridgehead atoms. The van der Waals surface area contributed by atoms with E-state index in [0.717, 1.165) is 24.5 Å². The molecule has 0 amide bonds. The zero-order chi connectivity index (χ0) is 14.7. The molecule has 19 heavy (non-hydrogen) atoms. The molecule has 0 aliphatic rings. The molecule has 108 valence electrons. The maximum atomic E-state index is 13.0. The normalized spacial score (nSPS) is 12.5. The highest BCUT2D eigenvalue weighted by Crippen LogP contribution is 2.18. The lowest BCUT2D eigenvalue weighted by atomic mass is 10.3. The Hall–Kier alpha value is -1.23. The minimum atomic E-state index is -3.98. The van der Waals surface area contributed by atoms with Crippen molar-refractivity contribution >= 4 is 25.7 Å². The van der Waals surface area contributed by atoms with Gasteiger partial charge in [-0.2, -0.15) is 0 Å². The van der Waals surface area contributed by atoms with E-state index in [1.165, 1.54) is 0 Å². The van der Waals surface area contributed by atoms with Crippen LogP contribution >= 0.6 is 0 Å². The Balaban J connectivity index is 2.74. The quantitative estimate of drug-likeness (QED) is 0.471. The molecule has 0 aromatic heterocycles. The third-order valence-corrected chi connectivity index (χ3v) is 4.29. The van der Waals surface area contributed by atoms with Gasteiger partial charge in [0.1, 0.15) is 10.7 Å². The fraction of sp³-hybridized carbons (Fsp3) is 0.333. The van der Waals surface area contributed by atoms with Gasteiger partial charge in [0.15, 0.2) is 0 Å². The summed E-state index contributed by atoms with van der Waals surface area (Å²) in [6.07, 6.45) is 0.950. The van der Waals surface area contributed by atoms with Crippen LogP contribution in [0.1, 0.15) is 0 Å². The summed E-state index contributed by atoms with van der Waals surface area (Å²) >= 11 is 0. The van der Waals surface area contributed by atoms with Crippen molar-refractivity contribution in [1.82, 2.24) is 9.44 Å². The molecule has 0 fully saturated rings. The molecule has 0 saturated heterocycles. The standard InChI is InChI=1S/C9H14FN3O4S2/c1-18(14,15)12-4-5-13-19(16,17)9-6-7(10)2-3-8(9)11/h2-3,6,12-13H,4-5,11H2,1H3. The van der Waals surface area contributed by atoms with Crippen molar-refractivity contribution in [1.29, 1.82) is 0 Å². The molecule has 10 heteroatoms. The molecule has 0 aliphatic heterocycles. The zero-order valence-corrected chi connectivity index (χ0v) is 11.7. The van der Waals surface area contributed by atoms with Crippen molar-refractivity contribution in [3.05, 3.63) is 24.0 Å². The van der Waals surface area contributed by atoms with Crippen LogP contribution in [0, 0.1) is 5.82 Å². The number of sulfonamides is 2. The average molecular weight is 311 g/mol. The van der Waals surface area contributed by atoms with Crippen molar-refractivity contribution in [3.63, 3.8) is 0 Å². The number of halogens is 1. The number of nitrogens with one attached hydrogen (secondary N) is 2. The van der Waals surface area contributed by atoms with Crippen LogP contribution in [0.5, 0.6) is 0 Å². The zero-order valence-electron chi connectivity index (χ0n) is 10.1. The first-order valence-corrected chi connectivity index (χ1v) is 8.48. The number of hydrogen-bond acceptors (Lipinski definition) is 5. The Morgan fingerprint density at radius 2 is 1.74 bits per heavy atom. The summed E-state index contributed by atoms with van der Waals surface area (Å²) in [7, 11) is -7.37. The second-order valence-corrected chi connectivity index (χ2v) is 7.31. The van der Waals surface area contributed by atoms with Crippen LogP contribution in [-0.2, 0) is 20.0 Å². The number of benzene rings is 1. The van der Waals surface area contributed by atoms with Crippen LogP contribution < -0.4 is 15.2 Å². The fourth-order valence-electron chi connectivity index (χ4n) is 1.24. The van der Waals surface area contributed by atoms with Gasteiger partial charge in [-0.15, -0.1) is 0 Å². The average Bonchev–Trinajstić information content (AvgIpc) is 2.26. The van der Waals surface area contributed by atoms with Gasteiger partial charge in [-0.25, -0.2) is 30.7 Å². The van der Waals surface area contributed by atoms with E-state index in [1.807, 2.05) is 0 Å². The maximum Gasteiger partial charge on any atom is 0.242 e. The first kappa shape index (κ1) is 15.8. The minimum Gasteiger partial charge on any atom is -0.398 e. The molecule has 1 aromatic carbocycles. The molecule has 1 aromatic rings. The lowest BCUT2D eigenvalue weighted by molar-refractivity contribution is 0.571. The highest BCUT2D eigenvalue weighted by Gasteiger charge is 2.17. The Morgan fingerprint density at radius 1 is 1.16 bits per heavy atom. The van der Waals surface area contributed by atoms with Gasteiger partial charge < -0.3 is 5.73 Å². The van der Waals surface area contributed by atoms with Crippen molar-refractivity contribution < 1.29 is 21.2 Å². The van der Waals surface area contributed by atoms with Crippen LogP contribution in [0.4, 0.5) is 10.1 Å². The summed E-state index contributed by atoms with van der Waals surface area (Å²) in [4.78, 5) is -0.383. The predicted octanol–water partition coefficient (Wildman–Crippen LogP) is -0.765. The third-order valence-electron chi connectivity index (χ3n) is 2.05. The largest absolute Gasteiger partial charge is 0.398 e. The van der Waals surface area contributed by atoms with E-state index >= 15 is 0 Å². The van der Waals surface area contributed by atoms with Crippen molar-refractivity contribution in [2.24, 2.45) is 0 Å². The van der Waals surface area contributed by atoms with E-state index < -0.39 is 25.9 Å². The van der Waals surface area contributed by atoms with Crippen LogP contribution in [-0.4, -0.2) is 36.2 Å². The summed E-state index contributed by atoms with van der Waals surface area (Å²) < 4.78 is 62.3. The number of rotatable bonds is 6. The van der Waals surface area contributed by atoms with E-state index in [0.29, 0.717) is 0 Å². The van der Waals surface area contributed by atoms with Gasteiger partial charge in [0.05, 0.1) is 11.9 Å². The van der Waals surface area contributed by atoms with Gasteiger partial charge in [0, 0.05) is 13.1 Å². The molecule has 0 saturated carbocycles. The van der Waals surface area contributed by atoms with Crippen LogP contribution in [0.15, 0.2) is 23.1 Å². The molecule has 0 spiro atoms. The SMILES string of the molecule is CS(=O)(=O)NCCNS(=O)(=O)c1cc(F)ccc1N. The van der Waals surface area contributed by atoms with Crippen molar-refractivity contribution in [2.45, 2.75) is 4.90 Å². The minimum absolute atomic E-state index is 0.0926. The molecule has 0 radical (unpaired) electrons.